The van der Waals surface area contributed by atoms with Crippen LogP contribution in [-0.4, -0.2) is 17.6 Å². The zero-order chi connectivity index (χ0) is 12.5. The normalized spacial score (nSPS) is 22.3. The molecule has 4 heteroatoms. The molecule has 0 saturated heterocycles. The molecule has 2 rings (SSSR count). The average Bonchev–Trinajstić information content (AvgIpc) is 2.31. The zero-order valence-corrected chi connectivity index (χ0v) is 9.63. The summed E-state index contributed by atoms with van der Waals surface area (Å²) in [6.07, 6.45) is 0.596. The van der Waals surface area contributed by atoms with Crippen molar-refractivity contribution in [3.63, 3.8) is 0 Å². The number of phenols is 1. The number of aromatic hydroxyl groups is 1. The van der Waals surface area contributed by atoms with Crippen LogP contribution in [0.3, 0.4) is 0 Å². The molecule has 0 amide bonds. The molecule has 1 aromatic rings. The Labute approximate surface area is 99.4 Å². The predicted octanol–water partition coefficient (Wildman–Crippen LogP) is 2.80. The van der Waals surface area contributed by atoms with Crippen LogP contribution in [-0.2, 0) is 5.41 Å². The second kappa shape index (κ2) is 4.26. The number of halogens is 2. The largest absolute Gasteiger partial charge is 0.508 e. The number of hydrogen-bond acceptors (Lipinski definition) is 2. The number of rotatable bonds is 2. The van der Waals surface area contributed by atoms with Crippen molar-refractivity contribution in [2.75, 3.05) is 6.54 Å². The van der Waals surface area contributed by atoms with Gasteiger partial charge in [0.05, 0.1) is 0 Å². The van der Waals surface area contributed by atoms with E-state index in [1.807, 2.05) is 0 Å². The molecule has 1 fully saturated rings. The van der Waals surface area contributed by atoms with Crippen LogP contribution >= 0.6 is 0 Å². The van der Waals surface area contributed by atoms with Gasteiger partial charge in [0.15, 0.2) is 0 Å². The molecule has 0 atom stereocenters. The molecular formula is C13H17F2NO. The Kier molecular flexibility index (Phi) is 3.08. The molecule has 0 spiro atoms. The van der Waals surface area contributed by atoms with Crippen LogP contribution in [0.4, 0.5) is 8.78 Å². The fraction of sp³-hybridized carbons (Fsp3) is 0.538. The summed E-state index contributed by atoms with van der Waals surface area (Å²) in [7, 11) is 0. The summed E-state index contributed by atoms with van der Waals surface area (Å²) in [6.45, 7) is 0.369. The van der Waals surface area contributed by atoms with E-state index in [1.165, 1.54) is 0 Å². The van der Waals surface area contributed by atoms with Crippen molar-refractivity contribution in [3.8, 4) is 5.75 Å². The monoisotopic (exact) mass is 241 g/mol. The third-order valence-electron chi connectivity index (χ3n) is 3.81. The van der Waals surface area contributed by atoms with E-state index in [0.29, 0.717) is 19.4 Å². The molecule has 0 unspecified atom stereocenters. The summed E-state index contributed by atoms with van der Waals surface area (Å²) in [5.41, 5.74) is 6.39. The van der Waals surface area contributed by atoms with E-state index in [4.69, 9.17) is 5.73 Å². The minimum atomic E-state index is -2.55. The van der Waals surface area contributed by atoms with Gasteiger partial charge >= 0.3 is 0 Å². The van der Waals surface area contributed by atoms with Gasteiger partial charge in [-0.25, -0.2) is 8.78 Å². The number of nitrogens with two attached hydrogens (primary N) is 1. The van der Waals surface area contributed by atoms with Crippen molar-refractivity contribution >= 4 is 0 Å². The molecule has 3 N–H and O–H groups in total. The second-order valence-corrected chi connectivity index (χ2v) is 4.89. The minimum Gasteiger partial charge on any atom is -0.508 e. The van der Waals surface area contributed by atoms with Crippen LogP contribution < -0.4 is 5.73 Å². The Morgan fingerprint density at radius 1 is 1.06 bits per heavy atom. The smallest absolute Gasteiger partial charge is 0.248 e. The molecule has 1 aliphatic carbocycles. The Bertz CT molecular complexity index is 379. The maximum absolute atomic E-state index is 13.2. The van der Waals surface area contributed by atoms with Gasteiger partial charge in [0.1, 0.15) is 5.75 Å². The number of phenolic OH excluding ortho intramolecular Hbond substituents is 1. The summed E-state index contributed by atoms with van der Waals surface area (Å²) < 4.78 is 26.4. The Balaban J connectivity index is 2.24. The Hall–Kier alpha value is -1.16. The first-order valence-electron chi connectivity index (χ1n) is 5.85. The van der Waals surface area contributed by atoms with Crippen LogP contribution in [0.2, 0.25) is 0 Å². The number of alkyl halides is 2. The Morgan fingerprint density at radius 2 is 1.59 bits per heavy atom. The number of hydrogen-bond donors (Lipinski definition) is 2. The number of benzene rings is 1. The predicted molar refractivity (Wildman–Crippen MR) is 62.3 cm³/mol. The molecule has 1 aliphatic rings. The van der Waals surface area contributed by atoms with Gasteiger partial charge in [-0.1, -0.05) is 12.1 Å². The molecule has 1 saturated carbocycles. The lowest BCUT2D eigenvalue weighted by molar-refractivity contribution is -0.0509. The summed E-state index contributed by atoms with van der Waals surface area (Å²) >= 11 is 0. The highest BCUT2D eigenvalue weighted by atomic mass is 19.3. The van der Waals surface area contributed by atoms with Crippen LogP contribution in [0.25, 0.3) is 0 Å². The SMILES string of the molecule is NCC1(c2ccc(O)cc2)CCC(F)(F)CC1. The van der Waals surface area contributed by atoms with Crippen LogP contribution in [0, 0.1) is 0 Å². The highest BCUT2D eigenvalue weighted by Crippen LogP contribution is 2.44. The van der Waals surface area contributed by atoms with Crippen LogP contribution in [0.5, 0.6) is 5.75 Å². The second-order valence-electron chi connectivity index (χ2n) is 4.89. The van der Waals surface area contributed by atoms with Crippen molar-refractivity contribution in [3.05, 3.63) is 29.8 Å². The summed E-state index contributed by atoms with van der Waals surface area (Å²) in [4.78, 5) is 0. The van der Waals surface area contributed by atoms with E-state index in [1.54, 1.807) is 24.3 Å². The summed E-state index contributed by atoms with van der Waals surface area (Å²) in [5.74, 6) is -2.36. The highest BCUT2D eigenvalue weighted by Gasteiger charge is 2.43. The van der Waals surface area contributed by atoms with Crippen LogP contribution in [0.1, 0.15) is 31.2 Å². The van der Waals surface area contributed by atoms with Gasteiger partial charge in [0.2, 0.25) is 5.92 Å². The third kappa shape index (κ3) is 2.41. The fourth-order valence-electron chi connectivity index (χ4n) is 2.52. The molecule has 94 valence electrons. The summed E-state index contributed by atoms with van der Waals surface area (Å²) in [6, 6.07) is 6.73. The van der Waals surface area contributed by atoms with E-state index in [9.17, 15) is 13.9 Å². The summed E-state index contributed by atoms with van der Waals surface area (Å²) in [5, 5.41) is 9.24. The van der Waals surface area contributed by atoms with Gasteiger partial charge in [0, 0.05) is 24.8 Å². The van der Waals surface area contributed by atoms with E-state index >= 15 is 0 Å². The van der Waals surface area contributed by atoms with Crippen molar-refractivity contribution in [1.29, 1.82) is 0 Å². The fourth-order valence-corrected chi connectivity index (χ4v) is 2.52. The molecule has 17 heavy (non-hydrogen) atoms. The van der Waals surface area contributed by atoms with Gasteiger partial charge in [-0.15, -0.1) is 0 Å². The molecule has 0 aromatic heterocycles. The lowest BCUT2D eigenvalue weighted by Gasteiger charge is -2.39. The van der Waals surface area contributed by atoms with E-state index in [2.05, 4.69) is 0 Å². The molecule has 0 aliphatic heterocycles. The first-order valence-corrected chi connectivity index (χ1v) is 5.85. The topological polar surface area (TPSA) is 46.2 Å². The van der Waals surface area contributed by atoms with Gasteiger partial charge in [-0.2, -0.15) is 0 Å². The van der Waals surface area contributed by atoms with Gasteiger partial charge in [-0.3, -0.25) is 0 Å². The van der Waals surface area contributed by atoms with E-state index in [0.717, 1.165) is 5.56 Å². The molecule has 0 bridgehead atoms. The quantitative estimate of drug-likeness (QED) is 0.836. The van der Waals surface area contributed by atoms with Crippen molar-refractivity contribution in [2.24, 2.45) is 5.73 Å². The minimum absolute atomic E-state index is 0.106. The lowest BCUT2D eigenvalue weighted by Crippen LogP contribution is -2.42. The van der Waals surface area contributed by atoms with E-state index < -0.39 is 5.92 Å². The first kappa shape index (κ1) is 12.3. The lowest BCUT2D eigenvalue weighted by atomic mass is 9.68. The molecule has 0 heterocycles. The highest BCUT2D eigenvalue weighted by molar-refractivity contribution is 5.32. The standard InChI is InChI=1S/C13H17F2NO/c14-13(15)7-5-12(9-16,6-8-13)10-1-3-11(17)4-2-10/h1-4,17H,5-9,16H2. The van der Waals surface area contributed by atoms with Crippen LogP contribution in [0.15, 0.2) is 24.3 Å². The molecule has 1 aromatic carbocycles. The first-order chi connectivity index (χ1) is 7.97. The third-order valence-corrected chi connectivity index (χ3v) is 3.81. The van der Waals surface area contributed by atoms with E-state index in [-0.39, 0.29) is 24.0 Å². The van der Waals surface area contributed by atoms with Crippen molar-refractivity contribution in [1.82, 2.24) is 0 Å². The zero-order valence-electron chi connectivity index (χ0n) is 9.63. The Morgan fingerprint density at radius 3 is 2.06 bits per heavy atom. The molecular weight excluding hydrogens is 224 g/mol. The van der Waals surface area contributed by atoms with Gasteiger partial charge in [-0.05, 0) is 30.5 Å². The van der Waals surface area contributed by atoms with Crippen molar-refractivity contribution < 1.29 is 13.9 Å². The maximum atomic E-state index is 13.2. The molecule has 2 nitrogen and oxygen atoms in total. The van der Waals surface area contributed by atoms with Gasteiger partial charge in [0.25, 0.3) is 0 Å². The maximum Gasteiger partial charge on any atom is 0.248 e. The average molecular weight is 241 g/mol. The molecule has 0 radical (unpaired) electrons. The van der Waals surface area contributed by atoms with Crippen molar-refractivity contribution in [2.45, 2.75) is 37.0 Å². The van der Waals surface area contributed by atoms with Gasteiger partial charge < -0.3 is 10.8 Å².